The molecule has 2 aromatic heterocycles. The van der Waals surface area contributed by atoms with Gasteiger partial charge in [0.2, 0.25) is 0 Å². The van der Waals surface area contributed by atoms with E-state index >= 15 is 0 Å². The van der Waals surface area contributed by atoms with Crippen molar-refractivity contribution in [1.82, 2.24) is 24.9 Å². The van der Waals surface area contributed by atoms with Crippen molar-refractivity contribution in [2.24, 2.45) is 14.1 Å². The molecule has 0 aliphatic rings. The van der Waals surface area contributed by atoms with Crippen molar-refractivity contribution in [3.63, 3.8) is 0 Å². The van der Waals surface area contributed by atoms with Crippen LogP contribution in [0.15, 0.2) is 0 Å². The molecule has 0 unspecified atom stereocenters. The van der Waals surface area contributed by atoms with Gasteiger partial charge in [-0.2, -0.15) is 10.2 Å². The summed E-state index contributed by atoms with van der Waals surface area (Å²) in [6.07, 6.45) is 0. The van der Waals surface area contributed by atoms with Crippen LogP contribution in [0.25, 0.3) is 0 Å². The van der Waals surface area contributed by atoms with Crippen LogP contribution in [0.2, 0.25) is 0 Å². The Hall–Kier alpha value is -2.11. The van der Waals surface area contributed by atoms with Gasteiger partial charge in [0, 0.05) is 37.6 Å². The Kier molecular flexibility index (Phi) is 3.65. The molecule has 1 amide bonds. The minimum absolute atomic E-state index is 0.0873. The van der Waals surface area contributed by atoms with Gasteiger partial charge >= 0.3 is 0 Å². The van der Waals surface area contributed by atoms with E-state index in [1.807, 2.05) is 46.5 Å². The molecule has 0 aliphatic heterocycles. The van der Waals surface area contributed by atoms with Gasteiger partial charge in [0.05, 0.1) is 17.0 Å². The van der Waals surface area contributed by atoms with E-state index < -0.39 is 0 Å². The van der Waals surface area contributed by atoms with E-state index in [1.165, 1.54) is 0 Å². The average Bonchev–Trinajstić information content (AvgIpc) is 2.75. The van der Waals surface area contributed by atoms with Crippen molar-refractivity contribution in [3.8, 4) is 0 Å². The quantitative estimate of drug-likeness (QED) is 0.918. The van der Waals surface area contributed by atoms with Crippen molar-refractivity contribution in [1.29, 1.82) is 0 Å². The third-order valence-electron chi connectivity index (χ3n) is 3.82. The predicted molar refractivity (Wildman–Crippen MR) is 76.5 cm³/mol. The van der Waals surface area contributed by atoms with Crippen LogP contribution in [0, 0.1) is 27.7 Å². The molecule has 6 heteroatoms. The van der Waals surface area contributed by atoms with Crippen molar-refractivity contribution in [2.45, 2.75) is 34.2 Å². The second-order valence-corrected chi connectivity index (χ2v) is 5.13. The Morgan fingerprint density at radius 1 is 1.00 bits per heavy atom. The number of nitrogens with zero attached hydrogens (tertiary/aromatic N) is 4. The number of aromatic nitrogens is 4. The number of aryl methyl sites for hydroxylation is 4. The van der Waals surface area contributed by atoms with Crippen LogP contribution in [0.4, 0.5) is 0 Å². The van der Waals surface area contributed by atoms with Crippen LogP contribution in [0.5, 0.6) is 0 Å². The minimum atomic E-state index is -0.0873. The van der Waals surface area contributed by atoms with E-state index in [0.717, 1.165) is 28.3 Å². The summed E-state index contributed by atoms with van der Waals surface area (Å²) in [5.41, 5.74) is 5.38. The zero-order valence-electron chi connectivity index (χ0n) is 12.9. The lowest BCUT2D eigenvalue weighted by atomic mass is 10.1. The fourth-order valence-corrected chi connectivity index (χ4v) is 2.43. The second-order valence-electron chi connectivity index (χ2n) is 5.13. The van der Waals surface area contributed by atoms with Crippen LogP contribution in [-0.2, 0) is 20.6 Å². The lowest BCUT2D eigenvalue weighted by Gasteiger charge is -2.06. The zero-order chi connectivity index (χ0) is 15.0. The van der Waals surface area contributed by atoms with E-state index in [1.54, 1.807) is 4.68 Å². The molecule has 6 nitrogen and oxygen atoms in total. The number of hydrogen-bond donors (Lipinski definition) is 1. The molecule has 0 aliphatic carbocycles. The summed E-state index contributed by atoms with van der Waals surface area (Å²) in [7, 11) is 3.75. The molecule has 1 N–H and O–H groups in total. The van der Waals surface area contributed by atoms with Crippen LogP contribution in [0.3, 0.4) is 0 Å². The molecule has 2 rings (SSSR count). The first-order chi connectivity index (χ1) is 9.32. The maximum absolute atomic E-state index is 12.3. The van der Waals surface area contributed by atoms with Gasteiger partial charge < -0.3 is 5.32 Å². The van der Waals surface area contributed by atoms with Gasteiger partial charge in [-0.15, -0.1) is 0 Å². The monoisotopic (exact) mass is 275 g/mol. The maximum Gasteiger partial charge on any atom is 0.255 e. The summed E-state index contributed by atoms with van der Waals surface area (Å²) >= 11 is 0. The summed E-state index contributed by atoms with van der Waals surface area (Å²) in [6.45, 7) is 8.19. The van der Waals surface area contributed by atoms with Gasteiger partial charge in [0.1, 0.15) is 0 Å². The van der Waals surface area contributed by atoms with Gasteiger partial charge in [-0.1, -0.05) is 0 Å². The molecule has 0 radical (unpaired) electrons. The van der Waals surface area contributed by atoms with Crippen LogP contribution >= 0.6 is 0 Å². The molecular formula is C14H21N5O. The molecule has 2 aromatic rings. The van der Waals surface area contributed by atoms with Crippen molar-refractivity contribution < 1.29 is 4.79 Å². The molecule has 0 aromatic carbocycles. The zero-order valence-corrected chi connectivity index (χ0v) is 12.9. The van der Waals surface area contributed by atoms with Gasteiger partial charge in [-0.25, -0.2) is 0 Å². The van der Waals surface area contributed by atoms with E-state index in [0.29, 0.717) is 12.1 Å². The first-order valence-corrected chi connectivity index (χ1v) is 6.60. The highest BCUT2D eigenvalue weighted by molar-refractivity contribution is 5.96. The molecule has 0 fully saturated rings. The standard InChI is InChI=1S/C14H21N5O/c1-8-12(10(3)18(5)16-8)7-15-14(20)13-9(2)17-19(6)11(13)4/h7H2,1-6H3,(H,15,20). The van der Waals surface area contributed by atoms with Crippen molar-refractivity contribution >= 4 is 5.91 Å². The SMILES string of the molecule is Cc1nn(C)c(C)c1CNC(=O)c1c(C)nn(C)c1C. The average molecular weight is 275 g/mol. The highest BCUT2D eigenvalue weighted by Gasteiger charge is 2.18. The minimum Gasteiger partial charge on any atom is -0.348 e. The highest BCUT2D eigenvalue weighted by atomic mass is 16.1. The number of amides is 1. The Bertz CT molecular complexity index is 666. The smallest absolute Gasteiger partial charge is 0.255 e. The lowest BCUT2D eigenvalue weighted by molar-refractivity contribution is 0.0949. The molecule has 2 heterocycles. The first kappa shape index (κ1) is 14.3. The molecule has 0 bridgehead atoms. The summed E-state index contributed by atoms with van der Waals surface area (Å²) < 4.78 is 3.56. The normalized spacial score (nSPS) is 10.9. The van der Waals surface area contributed by atoms with Crippen LogP contribution in [-0.4, -0.2) is 25.5 Å². The maximum atomic E-state index is 12.3. The summed E-state index contributed by atoms with van der Waals surface area (Å²) in [5.74, 6) is -0.0873. The van der Waals surface area contributed by atoms with Gasteiger partial charge in [-0.05, 0) is 27.7 Å². The number of rotatable bonds is 3. The van der Waals surface area contributed by atoms with Crippen LogP contribution in [0.1, 0.15) is 38.7 Å². The molecule has 108 valence electrons. The van der Waals surface area contributed by atoms with E-state index in [2.05, 4.69) is 15.5 Å². The number of carbonyl (C=O) groups excluding carboxylic acids is 1. The largest absolute Gasteiger partial charge is 0.348 e. The number of nitrogens with one attached hydrogen (secondary N) is 1. The molecule has 20 heavy (non-hydrogen) atoms. The van der Waals surface area contributed by atoms with Gasteiger partial charge in [0.15, 0.2) is 0 Å². The third-order valence-corrected chi connectivity index (χ3v) is 3.82. The topological polar surface area (TPSA) is 64.7 Å². The molecular weight excluding hydrogens is 254 g/mol. The van der Waals surface area contributed by atoms with Crippen molar-refractivity contribution in [3.05, 3.63) is 33.9 Å². The third kappa shape index (κ3) is 2.33. The Labute approximate surface area is 118 Å². The number of carbonyl (C=O) groups is 1. The van der Waals surface area contributed by atoms with Crippen molar-refractivity contribution in [2.75, 3.05) is 0 Å². The summed E-state index contributed by atoms with van der Waals surface area (Å²) in [5, 5.41) is 11.6. The predicted octanol–water partition coefficient (Wildman–Crippen LogP) is 1.32. The van der Waals surface area contributed by atoms with Gasteiger partial charge in [0.25, 0.3) is 5.91 Å². The lowest BCUT2D eigenvalue weighted by Crippen LogP contribution is -2.24. The summed E-state index contributed by atoms with van der Waals surface area (Å²) in [6, 6.07) is 0. The second kappa shape index (κ2) is 5.11. The fraction of sp³-hybridized carbons (Fsp3) is 0.500. The highest BCUT2D eigenvalue weighted by Crippen LogP contribution is 2.14. The molecule has 0 saturated carbocycles. The van der Waals surface area contributed by atoms with E-state index in [9.17, 15) is 4.79 Å². The Morgan fingerprint density at radius 3 is 2.00 bits per heavy atom. The Balaban J connectivity index is 2.17. The summed E-state index contributed by atoms with van der Waals surface area (Å²) in [4.78, 5) is 12.3. The molecule has 0 saturated heterocycles. The van der Waals surface area contributed by atoms with E-state index in [-0.39, 0.29) is 5.91 Å². The number of hydrogen-bond acceptors (Lipinski definition) is 3. The molecule has 0 atom stereocenters. The fourth-order valence-electron chi connectivity index (χ4n) is 2.43. The molecule has 0 spiro atoms. The van der Waals surface area contributed by atoms with Gasteiger partial charge in [-0.3, -0.25) is 14.2 Å². The van der Waals surface area contributed by atoms with E-state index in [4.69, 9.17) is 0 Å². The first-order valence-electron chi connectivity index (χ1n) is 6.60. The Morgan fingerprint density at radius 2 is 1.55 bits per heavy atom. The van der Waals surface area contributed by atoms with Crippen LogP contribution < -0.4 is 5.32 Å².